The van der Waals surface area contributed by atoms with Crippen molar-refractivity contribution in [3.05, 3.63) is 23.7 Å². The van der Waals surface area contributed by atoms with Crippen molar-refractivity contribution in [2.24, 2.45) is 0 Å². The van der Waals surface area contributed by atoms with Crippen molar-refractivity contribution < 1.29 is 9.52 Å². The molecule has 1 aromatic heterocycles. The molecule has 0 aliphatic rings. The van der Waals surface area contributed by atoms with E-state index in [0.29, 0.717) is 0 Å². The first-order valence-corrected chi connectivity index (χ1v) is 5.39. The average molecular weight is 211 g/mol. The second-order valence-corrected chi connectivity index (χ2v) is 4.69. The first-order valence-electron chi connectivity index (χ1n) is 5.39. The number of hydrogen-bond donors (Lipinski definition) is 2. The lowest BCUT2D eigenvalue weighted by Gasteiger charge is -2.29. The first kappa shape index (κ1) is 12.3. The van der Waals surface area contributed by atoms with Crippen molar-refractivity contribution in [3.63, 3.8) is 0 Å². The van der Waals surface area contributed by atoms with Crippen LogP contribution in [0, 0.1) is 6.92 Å². The summed E-state index contributed by atoms with van der Waals surface area (Å²) >= 11 is 0. The van der Waals surface area contributed by atoms with Crippen LogP contribution in [-0.2, 0) is 0 Å². The van der Waals surface area contributed by atoms with E-state index in [2.05, 4.69) is 26.1 Å². The molecule has 0 saturated heterocycles. The molecule has 0 bridgehead atoms. The summed E-state index contributed by atoms with van der Waals surface area (Å²) < 4.78 is 5.43. The summed E-state index contributed by atoms with van der Waals surface area (Å²) in [5.41, 5.74) is 1.09. The summed E-state index contributed by atoms with van der Waals surface area (Å²) in [6, 6.07) is 2.13. The van der Waals surface area contributed by atoms with Gasteiger partial charge in [-0.05, 0) is 45.7 Å². The first-order chi connectivity index (χ1) is 6.96. The molecule has 1 heterocycles. The summed E-state index contributed by atoms with van der Waals surface area (Å²) in [5.74, 6) is 0.973. The minimum absolute atomic E-state index is 0.0760. The number of aliphatic hydroxyl groups is 1. The van der Waals surface area contributed by atoms with Crippen LogP contribution in [0.5, 0.6) is 0 Å². The van der Waals surface area contributed by atoms with Crippen molar-refractivity contribution in [1.82, 2.24) is 5.32 Å². The van der Waals surface area contributed by atoms with E-state index in [1.54, 1.807) is 6.26 Å². The third-order valence-corrected chi connectivity index (χ3v) is 2.64. The van der Waals surface area contributed by atoms with Gasteiger partial charge >= 0.3 is 0 Å². The lowest BCUT2D eigenvalue weighted by molar-refractivity contribution is 0.216. The fraction of sp³-hybridized carbons (Fsp3) is 0.667. The number of hydrogen-bond acceptors (Lipinski definition) is 3. The molecule has 1 aromatic rings. The maximum absolute atomic E-state index is 8.94. The van der Waals surface area contributed by atoms with Gasteiger partial charge in [-0.3, -0.25) is 0 Å². The zero-order valence-corrected chi connectivity index (χ0v) is 10.0. The molecule has 0 saturated carbocycles. The van der Waals surface area contributed by atoms with Gasteiger partial charge in [-0.15, -0.1) is 0 Å². The number of aliphatic hydroxyl groups excluding tert-OH is 1. The van der Waals surface area contributed by atoms with E-state index < -0.39 is 0 Å². The Bertz CT molecular complexity index is 304. The van der Waals surface area contributed by atoms with Crippen molar-refractivity contribution in [3.8, 4) is 0 Å². The second kappa shape index (κ2) is 4.81. The maximum atomic E-state index is 8.94. The van der Waals surface area contributed by atoms with Crippen LogP contribution in [0.3, 0.4) is 0 Å². The average Bonchev–Trinajstić information content (AvgIpc) is 2.50. The summed E-state index contributed by atoms with van der Waals surface area (Å²) in [5, 5.41) is 12.4. The highest BCUT2D eigenvalue weighted by molar-refractivity contribution is 5.17. The van der Waals surface area contributed by atoms with Gasteiger partial charge < -0.3 is 14.8 Å². The largest absolute Gasteiger partial charge is 0.467 e. The molecule has 0 amide bonds. The van der Waals surface area contributed by atoms with E-state index in [9.17, 15) is 0 Å². The van der Waals surface area contributed by atoms with Crippen LogP contribution in [0.4, 0.5) is 0 Å². The van der Waals surface area contributed by atoms with Crippen LogP contribution in [-0.4, -0.2) is 17.3 Å². The van der Waals surface area contributed by atoms with Gasteiger partial charge in [-0.1, -0.05) is 0 Å². The van der Waals surface area contributed by atoms with E-state index in [1.165, 1.54) is 0 Å². The van der Waals surface area contributed by atoms with E-state index in [4.69, 9.17) is 9.52 Å². The molecule has 3 heteroatoms. The predicted molar refractivity (Wildman–Crippen MR) is 60.8 cm³/mol. The molecule has 1 rings (SSSR count). The third-order valence-electron chi connectivity index (χ3n) is 2.64. The summed E-state index contributed by atoms with van der Waals surface area (Å²) in [7, 11) is 0. The Balaban J connectivity index is 2.63. The maximum Gasteiger partial charge on any atom is 0.123 e. The SMILES string of the molecule is Cc1ccoc1C(C)NC(C)(C)CCO. The number of nitrogens with one attached hydrogen (secondary N) is 1. The molecule has 1 atom stereocenters. The molecule has 2 N–H and O–H groups in total. The Morgan fingerprint density at radius 3 is 2.67 bits per heavy atom. The van der Waals surface area contributed by atoms with Crippen LogP contribution in [0.15, 0.2) is 16.7 Å². The Hall–Kier alpha value is -0.800. The van der Waals surface area contributed by atoms with Gasteiger partial charge in [0.15, 0.2) is 0 Å². The van der Waals surface area contributed by atoms with Crippen molar-refractivity contribution in [2.45, 2.75) is 45.7 Å². The van der Waals surface area contributed by atoms with Crippen molar-refractivity contribution in [1.29, 1.82) is 0 Å². The standard InChI is InChI=1S/C12H21NO2/c1-9-5-8-15-11(9)10(2)13-12(3,4)6-7-14/h5,8,10,13-14H,6-7H2,1-4H3. The zero-order valence-electron chi connectivity index (χ0n) is 10.0. The Morgan fingerprint density at radius 2 is 2.20 bits per heavy atom. The molecule has 0 aliphatic heterocycles. The summed E-state index contributed by atoms with van der Waals surface area (Å²) in [6.07, 6.45) is 2.44. The van der Waals surface area contributed by atoms with Gasteiger partial charge in [0.05, 0.1) is 12.3 Å². The molecule has 86 valence electrons. The van der Waals surface area contributed by atoms with Gasteiger partial charge in [0, 0.05) is 12.1 Å². The van der Waals surface area contributed by atoms with E-state index in [1.807, 2.05) is 13.0 Å². The predicted octanol–water partition coefficient (Wildman–Crippen LogP) is 2.40. The highest BCUT2D eigenvalue weighted by atomic mass is 16.3. The Morgan fingerprint density at radius 1 is 1.53 bits per heavy atom. The normalized spacial score (nSPS) is 14.2. The fourth-order valence-electron chi connectivity index (χ4n) is 1.83. The topological polar surface area (TPSA) is 45.4 Å². The van der Waals surface area contributed by atoms with E-state index >= 15 is 0 Å². The fourth-order valence-corrected chi connectivity index (χ4v) is 1.83. The monoisotopic (exact) mass is 211 g/mol. The summed E-state index contributed by atoms with van der Waals surface area (Å²) in [4.78, 5) is 0. The number of aryl methyl sites for hydroxylation is 1. The van der Waals surface area contributed by atoms with Gasteiger partial charge in [0.25, 0.3) is 0 Å². The molecule has 15 heavy (non-hydrogen) atoms. The van der Waals surface area contributed by atoms with Gasteiger partial charge in [0.1, 0.15) is 5.76 Å². The highest BCUT2D eigenvalue weighted by Crippen LogP contribution is 2.21. The van der Waals surface area contributed by atoms with Gasteiger partial charge in [-0.2, -0.15) is 0 Å². The van der Waals surface area contributed by atoms with Gasteiger partial charge in [-0.25, -0.2) is 0 Å². The number of furan rings is 1. The zero-order chi connectivity index (χ0) is 11.5. The van der Waals surface area contributed by atoms with Crippen LogP contribution in [0.2, 0.25) is 0 Å². The Kier molecular flexibility index (Phi) is 3.94. The van der Waals surface area contributed by atoms with Crippen LogP contribution >= 0.6 is 0 Å². The molecule has 0 spiro atoms. The van der Waals surface area contributed by atoms with Crippen LogP contribution < -0.4 is 5.32 Å². The molecule has 0 aliphatic carbocycles. The molecule has 0 fully saturated rings. The van der Waals surface area contributed by atoms with Crippen molar-refractivity contribution >= 4 is 0 Å². The molecule has 0 aromatic carbocycles. The molecule has 1 unspecified atom stereocenters. The smallest absolute Gasteiger partial charge is 0.123 e. The Labute approximate surface area is 91.5 Å². The van der Waals surface area contributed by atoms with Crippen molar-refractivity contribution in [2.75, 3.05) is 6.61 Å². The summed E-state index contributed by atoms with van der Waals surface area (Å²) in [6.45, 7) is 8.47. The molecule has 0 radical (unpaired) electrons. The lowest BCUT2D eigenvalue weighted by Crippen LogP contribution is -2.41. The molecule has 3 nitrogen and oxygen atoms in total. The van der Waals surface area contributed by atoms with E-state index in [0.717, 1.165) is 17.7 Å². The quantitative estimate of drug-likeness (QED) is 0.786. The molecular formula is C12H21NO2. The minimum Gasteiger partial charge on any atom is -0.467 e. The number of rotatable bonds is 5. The highest BCUT2D eigenvalue weighted by Gasteiger charge is 2.22. The van der Waals surface area contributed by atoms with Crippen LogP contribution in [0.25, 0.3) is 0 Å². The second-order valence-electron chi connectivity index (χ2n) is 4.69. The van der Waals surface area contributed by atoms with E-state index in [-0.39, 0.29) is 18.2 Å². The third kappa shape index (κ3) is 3.36. The van der Waals surface area contributed by atoms with Gasteiger partial charge in [0.2, 0.25) is 0 Å². The minimum atomic E-state index is -0.0760. The van der Waals surface area contributed by atoms with Crippen LogP contribution in [0.1, 0.15) is 44.6 Å². The molecular weight excluding hydrogens is 190 g/mol. The lowest BCUT2D eigenvalue weighted by atomic mass is 9.99.